The van der Waals surface area contributed by atoms with Gasteiger partial charge in [0.1, 0.15) is 29.9 Å². The summed E-state index contributed by atoms with van der Waals surface area (Å²) in [5.41, 5.74) is 4.67. The van der Waals surface area contributed by atoms with E-state index in [1.54, 1.807) is 6.07 Å². The zero-order valence-corrected chi connectivity index (χ0v) is 39.5. The van der Waals surface area contributed by atoms with Crippen LogP contribution in [0.1, 0.15) is 57.1 Å². The SMILES string of the molecule is CN(CC#Cc1ccc2c(c1)C1(C(=O)N2)C(C(=O)N2CCN(Cc3ccc4c(c3)OCO4)CC2)C2C(=O)OC(c3ccccc3)C(c3ccccc3)N2C1c1cccc(OCCO)c1)Cc1ccccc1. The quantitative estimate of drug-likeness (QED) is 0.0983. The molecule has 6 aromatic rings. The molecule has 2 N–H and O–H groups in total. The number of esters is 1. The summed E-state index contributed by atoms with van der Waals surface area (Å²) >= 11 is 0. The maximum Gasteiger partial charge on any atom is 0.324 e. The molecule has 0 aliphatic carbocycles. The molecule has 71 heavy (non-hydrogen) atoms. The Hall–Kier alpha value is -7.47. The lowest BCUT2D eigenvalue weighted by atomic mass is 9.65. The Morgan fingerprint density at radius 3 is 2.25 bits per heavy atom. The summed E-state index contributed by atoms with van der Waals surface area (Å²) in [5, 5.41) is 13.1. The molecule has 0 bridgehead atoms. The van der Waals surface area contributed by atoms with Crippen LogP contribution in [0.25, 0.3) is 0 Å². The molecule has 3 fully saturated rings. The zero-order chi connectivity index (χ0) is 48.5. The van der Waals surface area contributed by atoms with E-state index in [0.29, 0.717) is 67.4 Å². The smallest absolute Gasteiger partial charge is 0.324 e. The molecule has 13 heteroatoms. The molecule has 3 saturated heterocycles. The Kier molecular flexibility index (Phi) is 12.8. The van der Waals surface area contributed by atoms with Crippen molar-refractivity contribution in [2.75, 3.05) is 65.1 Å². The molecule has 6 atom stereocenters. The van der Waals surface area contributed by atoms with Crippen LogP contribution in [-0.4, -0.2) is 108 Å². The Morgan fingerprint density at radius 1 is 0.775 bits per heavy atom. The number of morpholine rings is 1. The summed E-state index contributed by atoms with van der Waals surface area (Å²) < 4.78 is 23.9. The topological polar surface area (TPSA) is 133 Å². The summed E-state index contributed by atoms with van der Waals surface area (Å²) in [6, 6.07) is 46.1. The number of carbonyl (C=O) groups is 3. The Labute approximate surface area is 413 Å². The van der Waals surface area contributed by atoms with Crippen molar-refractivity contribution < 1.29 is 38.4 Å². The van der Waals surface area contributed by atoms with Gasteiger partial charge in [-0.2, -0.15) is 0 Å². The summed E-state index contributed by atoms with van der Waals surface area (Å²) in [5.74, 6) is 6.14. The summed E-state index contributed by atoms with van der Waals surface area (Å²) in [6.07, 6.45) is -0.807. The molecule has 5 aliphatic rings. The van der Waals surface area contributed by atoms with Gasteiger partial charge in [0.15, 0.2) is 11.5 Å². The van der Waals surface area contributed by atoms with Crippen molar-refractivity contribution in [3.05, 3.63) is 191 Å². The van der Waals surface area contributed by atoms with Gasteiger partial charge in [-0.1, -0.05) is 121 Å². The van der Waals surface area contributed by atoms with Gasteiger partial charge in [-0.25, -0.2) is 0 Å². The number of anilines is 1. The first kappa shape index (κ1) is 45.9. The van der Waals surface area contributed by atoms with Crippen molar-refractivity contribution in [1.82, 2.24) is 19.6 Å². The average Bonchev–Trinajstić information content (AvgIpc) is 4.09. The second-order valence-electron chi connectivity index (χ2n) is 18.9. The first-order valence-electron chi connectivity index (χ1n) is 24.3. The molecule has 11 rings (SSSR count). The van der Waals surface area contributed by atoms with Gasteiger partial charge in [-0.15, -0.1) is 0 Å². The highest BCUT2D eigenvalue weighted by atomic mass is 16.7. The van der Waals surface area contributed by atoms with E-state index in [0.717, 1.165) is 34.7 Å². The highest BCUT2D eigenvalue weighted by Gasteiger charge is 2.74. The van der Waals surface area contributed by atoms with E-state index in [1.165, 1.54) is 5.56 Å². The van der Waals surface area contributed by atoms with Crippen LogP contribution in [0.2, 0.25) is 0 Å². The molecule has 5 heterocycles. The third-order valence-electron chi connectivity index (χ3n) is 14.5. The maximum absolute atomic E-state index is 16.1. The van der Waals surface area contributed by atoms with E-state index >= 15 is 14.4 Å². The van der Waals surface area contributed by atoms with Crippen molar-refractivity contribution in [2.24, 2.45) is 5.92 Å². The number of aliphatic hydroxyl groups is 1. The fraction of sp³-hybridized carbons (Fsp3) is 0.293. The molecule has 0 radical (unpaired) electrons. The van der Waals surface area contributed by atoms with E-state index in [4.69, 9.17) is 18.9 Å². The monoisotopic (exact) mass is 949 g/mol. The number of carbonyl (C=O) groups excluding carboxylic acids is 3. The third-order valence-corrected chi connectivity index (χ3v) is 14.5. The largest absolute Gasteiger partial charge is 0.491 e. The van der Waals surface area contributed by atoms with Gasteiger partial charge in [-0.05, 0) is 82.9 Å². The minimum Gasteiger partial charge on any atom is -0.491 e. The van der Waals surface area contributed by atoms with Gasteiger partial charge in [0, 0.05) is 50.5 Å². The number of ether oxygens (including phenoxy) is 4. The van der Waals surface area contributed by atoms with Crippen molar-refractivity contribution in [2.45, 2.75) is 42.7 Å². The van der Waals surface area contributed by atoms with Crippen LogP contribution >= 0.6 is 0 Å². The summed E-state index contributed by atoms with van der Waals surface area (Å²) in [7, 11) is 2.03. The molecular weight excluding hydrogens is 895 g/mol. The number of rotatable bonds is 12. The van der Waals surface area contributed by atoms with Gasteiger partial charge in [0.2, 0.25) is 18.6 Å². The molecule has 5 aliphatic heterocycles. The van der Waals surface area contributed by atoms with Crippen molar-refractivity contribution in [3.63, 3.8) is 0 Å². The number of fused-ring (bicyclic) bond motifs is 4. The molecule has 0 saturated carbocycles. The number of nitrogens with zero attached hydrogens (tertiary/aromatic N) is 4. The normalized spacial score (nSPS) is 23.4. The van der Waals surface area contributed by atoms with Crippen LogP contribution in [-0.2, 0) is 37.6 Å². The fourth-order valence-electron chi connectivity index (χ4n) is 11.4. The molecule has 6 aromatic carbocycles. The van der Waals surface area contributed by atoms with E-state index < -0.39 is 47.4 Å². The van der Waals surface area contributed by atoms with Crippen molar-refractivity contribution >= 4 is 23.5 Å². The Balaban J connectivity index is 1.05. The van der Waals surface area contributed by atoms with Crippen molar-refractivity contribution in [1.29, 1.82) is 0 Å². The van der Waals surface area contributed by atoms with Crippen LogP contribution in [0.5, 0.6) is 17.2 Å². The number of amides is 2. The molecule has 0 aromatic heterocycles. The van der Waals surface area contributed by atoms with Crippen LogP contribution < -0.4 is 19.5 Å². The molecular formula is C58H55N5O8. The van der Waals surface area contributed by atoms with Crippen LogP contribution in [0.3, 0.4) is 0 Å². The number of aliphatic hydroxyl groups excluding tert-OH is 1. The number of cyclic esters (lactones) is 1. The summed E-state index contributed by atoms with van der Waals surface area (Å²) in [6.45, 7) is 3.78. The average molecular weight is 950 g/mol. The van der Waals surface area contributed by atoms with Gasteiger partial charge in [0.25, 0.3) is 0 Å². The summed E-state index contributed by atoms with van der Waals surface area (Å²) in [4.78, 5) is 55.8. The fourth-order valence-corrected chi connectivity index (χ4v) is 11.4. The van der Waals surface area contributed by atoms with Gasteiger partial charge < -0.3 is 34.3 Å². The second kappa shape index (κ2) is 19.7. The number of hydrogen-bond acceptors (Lipinski definition) is 11. The lowest BCUT2D eigenvalue weighted by molar-refractivity contribution is -0.179. The first-order valence-corrected chi connectivity index (χ1v) is 24.3. The van der Waals surface area contributed by atoms with Gasteiger partial charge >= 0.3 is 5.97 Å². The van der Waals surface area contributed by atoms with E-state index in [9.17, 15) is 5.11 Å². The number of benzene rings is 6. The van der Waals surface area contributed by atoms with E-state index in [1.807, 2.05) is 145 Å². The van der Waals surface area contributed by atoms with Crippen LogP contribution in [0.4, 0.5) is 5.69 Å². The molecule has 2 amide bonds. The lowest BCUT2D eigenvalue weighted by Crippen LogP contribution is -2.58. The predicted octanol–water partition coefficient (Wildman–Crippen LogP) is 6.89. The van der Waals surface area contributed by atoms with Crippen molar-refractivity contribution in [3.8, 4) is 29.1 Å². The number of nitrogens with one attached hydrogen (secondary N) is 1. The molecule has 6 unspecified atom stereocenters. The zero-order valence-electron chi connectivity index (χ0n) is 39.5. The van der Waals surface area contributed by atoms with Gasteiger partial charge in [-0.3, -0.25) is 29.1 Å². The van der Waals surface area contributed by atoms with Crippen LogP contribution in [0.15, 0.2) is 152 Å². The Morgan fingerprint density at radius 2 is 1.49 bits per heavy atom. The maximum atomic E-state index is 16.1. The second-order valence-corrected chi connectivity index (χ2v) is 18.9. The predicted molar refractivity (Wildman–Crippen MR) is 266 cm³/mol. The highest BCUT2D eigenvalue weighted by Crippen LogP contribution is 2.65. The van der Waals surface area contributed by atoms with Crippen LogP contribution in [0, 0.1) is 17.8 Å². The minimum atomic E-state index is -1.68. The highest BCUT2D eigenvalue weighted by molar-refractivity contribution is 6.12. The third kappa shape index (κ3) is 8.67. The van der Waals surface area contributed by atoms with Gasteiger partial charge in [0.05, 0.1) is 31.2 Å². The molecule has 1 spiro atoms. The minimum absolute atomic E-state index is 0.0499. The number of piperazine rings is 1. The first-order chi connectivity index (χ1) is 34.8. The Bertz CT molecular complexity index is 2990. The standard InChI is InChI=1S/C58H55N5O8/c1-60(36-40-13-5-2-6-14-40)26-12-15-39-22-24-47-46(33-39)58(57(67)59-47)50(55(65)62-29-27-61(28-30-62)37-41-23-25-48-49(34-41)70-38-69-48)52-56(66)71-53(43-18-9-4-10-19-43)51(42-16-7-3-8-17-42)63(52)54(58)44-20-11-21-45(35-44)68-32-31-64/h2-11,13-14,16-25,33-35,50-54,64H,26-32,36-38H2,1H3,(H,59,67). The van der Waals surface area contributed by atoms with E-state index in [2.05, 4.69) is 44.0 Å². The molecule has 360 valence electrons. The van der Waals surface area contributed by atoms with E-state index in [-0.39, 0.29) is 25.9 Å². The lowest BCUT2D eigenvalue weighted by Gasteiger charge is -2.46. The number of hydrogen-bond donors (Lipinski definition) is 2. The molecule has 13 nitrogen and oxygen atoms in total.